The van der Waals surface area contributed by atoms with Gasteiger partial charge in [-0.3, -0.25) is 4.98 Å². The number of aromatic hydroxyl groups is 1. The topological polar surface area (TPSA) is 42.4 Å². The zero-order valence-corrected chi connectivity index (χ0v) is 8.98. The van der Waals surface area contributed by atoms with Crippen LogP contribution in [0.3, 0.4) is 0 Å². The molecule has 2 bridgehead atoms. The molecule has 94 valence electrons. The second-order valence-electron chi connectivity index (χ2n) is 3.44. The van der Waals surface area contributed by atoms with Crippen molar-refractivity contribution in [2.45, 2.75) is 6.18 Å². The van der Waals surface area contributed by atoms with Crippen LogP contribution in [-0.4, -0.2) is 10.1 Å². The van der Waals surface area contributed by atoms with E-state index in [1.54, 1.807) is 12.1 Å². The lowest BCUT2D eigenvalue weighted by Crippen LogP contribution is -2.04. The lowest BCUT2D eigenvalue weighted by atomic mass is 10.2. The minimum Gasteiger partial charge on any atom is -0.502 e. The van der Waals surface area contributed by atoms with Crippen LogP contribution in [0.25, 0.3) is 0 Å². The summed E-state index contributed by atoms with van der Waals surface area (Å²) in [5, 5.41) is 8.86. The highest BCUT2D eigenvalue weighted by atomic mass is 19.4. The number of para-hydroxylation sites is 1. The Morgan fingerprint density at radius 1 is 1.06 bits per heavy atom. The first kappa shape index (κ1) is 12.2. The molecule has 2 aromatic rings. The zero-order valence-electron chi connectivity index (χ0n) is 8.98. The Morgan fingerprint density at radius 2 is 1.72 bits per heavy atom. The zero-order chi connectivity index (χ0) is 13.2. The van der Waals surface area contributed by atoms with Gasteiger partial charge in [-0.15, -0.1) is 0 Å². The van der Waals surface area contributed by atoms with Gasteiger partial charge in [0.15, 0.2) is 11.5 Å². The van der Waals surface area contributed by atoms with Gasteiger partial charge in [-0.25, -0.2) is 0 Å². The molecular weight excluding hydrogens is 247 g/mol. The van der Waals surface area contributed by atoms with Crippen LogP contribution in [0, 0.1) is 0 Å². The number of aromatic nitrogens is 1. The smallest absolute Gasteiger partial charge is 0.417 e. The van der Waals surface area contributed by atoms with E-state index in [1.165, 1.54) is 12.3 Å². The highest BCUT2D eigenvalue weighted by Crippen LogP contribution is 2.47. The number of ether oxygens (including phenoxy) is 1. The average Bonchev–Trinajstić information content (AvgIpc) is 2.40. The van der Waals surface area contributed by atoms with Crippen LogP contribution in [0.5, 0.6) is 17.2 Å². The van der Waals surface area contributed by atoms with Gasteiger partial charge in [-0.1, -0.05) is 6.07 Å². The molecule has 0 atom stereocenters. The molecule has 2 aliphatic heterocycles. The van der Waals surface area contributed by atoms with Crippen molar-refractivity contribution in [2.75, 3.05) is 0 Å². The van der Waals surface area contributed by atoms with Crippen molar-refractivity contribution >= 4 is 0 Å². The SMILES string of the molecule is FC(F)(F)c1cccnc1.Oc1c2cccc1O2. The third-order valence-electron chi connectivity index (χ3n) is 2.17. The number of alkyl halides is 3. The summed E-state index contributed by atoms with van der Waals surface area (Å²) in [6, 6.07) is 7.52. The normalized spacial score (nSPS) is 11.7. The third kappa shape index (κ3) is 2.53. The van der Waals surface area contributed by atoms with E-state index in [-0.39, 0.29) is 5.75 Å². The van der Waals surface area contributed by atoms with Gasteiger partial charge in [-0.05, 0) is 24.3 Å². The van der Waals surface area contributed by atoms with E-state index in [0.717, 1.165) is 12.3 Å². The molecule has 3 nitrogen and oxygen atoms in total. The Bertz CT molecular complexity index is 521. The molecule has 3 heterocycles. The molecule has 1 aromatic heterocycles. The number of phenols is 1. The highest BCUT2D eigenvalue weighted by molar-refractivity contribution is 5.59. The molecule has 4 rings (SSSR count). The third-order valence-corrected chi connectivity index (χ3v) is 2.17. The number of halogens is 3. The second-order valence-corrected chi connectivity index (χ2v) is 3.44. The largest absolute Gasteiger partial charge is 0.502 e. The maximum absolute atomic E-state index is 11.7. The maximum Gasteiger partial charge on any atom is 0.417 e. The van der Waals surface area contributed by atoms with Gasteiger partial charge in [0.25, 0.3) is 0 Å². The maximum atomic E-state index is 11.7. The fourth-order valence-corrected chi connectivity index (χ4v) is 1.27. The van der Waals surface area contributed by atoms with Crippen LogP contribution >= 0.6 is 0 Å². The molecule has 0 saturated heterocycles. The van der Waals surface area contributed by atoms with Gasteiger partial charge in [0.2, 0.25) is 5.75 Å². The quantitative estimate of drug-likeness (QED) is 0.667. The summed E-state index contributed by atoms with van der Waals surface area (Å²) in [7, 11) is 0. The molecule has 0 aliphatic carbocycles. The van der Waals surface area contributed by atoms with Crippen molar-refractivity contribution in [3.05, 3.63) is 48.3 Å². The van der Waals surface area contributed by atoms with Crippen LogP contribution < -0.4 is 4.74 Å². The lowest BCUT2D eigenvalue weighted by molar-refractivity contribution is -0.137. The summed E-state index contributed by atoms with van der Waals surface area (Å²) in [4.78, 5) is 3.33. The first-order valence-corrected chi connectivity index (χ1v) is 4.95. The molecule has 0 spiro atoms. The number of nitrogens with zero attached hydrogens (tertiary/aromatic N) is 1. The first-order valence-electron chi connectivity index (χ1n) is 4.95. The van der Waals surface area contributed by atoms with Crippen molar-refractivity contribution in [1.29, 1.82) is 0 Å². The minimum atomic E-state index is -4.27. The van der Waals surface area contributed by atoms with Gasteiger partial charge in [0.05, 0.1) is 5.56 Å². The van der Waals surface area contributed by atoms with Crippen LogP contribution in [0.15, 0.2) is 42.7 Å². The number of pyridine rings is 1. The van der Waals surface area contributed by atoms with Crippen molar-refractivity contribution in [2.24, 2.45) is 0 Å². The Kier molecular flexibility index (Phi) is 3.10. The van der Waals surface area contributed by atoms with E-state index in [4.69, 9.17) is 9.84 Å². The lowest BCUT2D eigenvalue weighted by Gasteiger charge is -2.17. The van der Waals surface area contributed by atoms with Crippen molar-refractivity contribution in [1.82, 2.24) is 4.98 Å². The number of benzene rings is 1. The van der Waals surface area contributed by atoms with Crippen LogP contribution in [0.4, 0.5) is 13.2 Å². The number of rotatable bonds is 0. The predicted octanol–water partition coefficient (Wildman–Crippen LogP) is 3.60. The standard InChI is InChI=1S/C6H4F3N.C6H4O2/c7-6(8,9)5-2-1-3-10-4-5;7-6-4-2-1-3-5(6)8-4/h1-4H;1-3,7H. The number of hydrogen-bond donors (Lipinski definition) is 1. The average molecular weight is 255 g/mol. The van der Waals surface area contributed by atoms with Crippen LogP contribution in [0.1, 0.15) is 5.56 Å². The molecule has 1 N–H and O–H groups in total. The van der Waals surface area contributed by atoms with E-state index in [0.29, 0.717) is 11.5 Å². The summed E-state index contributed by atoms with van der Waals surface area (Å²) < 4.78 is 40.1. The molecule has 2 aliphatic rings. The fourth-order valence-electron chi connectivity index (χ4n) is 1.27. The van der Waals surface area contributed by atoms with Gasteiger partial charge in [0, 0.05) is 12.4 Å². The summed E-state index contributed by atoms with van der Waals surface area (Å²) in [5.41, 5.74) is -0.713. The van der Waals surface area contributed by atoms with Gasteiger partial charge >= 0.3 is 6.18 Å². The minimum absolute atomic E-state index is 0.285. The van der Waals surface area contributed by atoms with Crippen LogP contribution in [-0.2, 0) is 6.18 Å². The van der Waals surface area contributed by atoms with Crippen molar-refractivity contribution in [3.63, 3.8) is 0 Å². The summed E-state index contributed by atoms with van der Waals surface area (Å²) in [5.74, 6) is 1.46. The van der Waals surface area contributed by atoms with Crippen molar-refractivity contribution in [3.8, 4) is 17.2 Å². The predicted molar refractivity (Wildman–Crippen MR) is 57.4 cm³/mol. The fraction of sp³-hybridized carbons (Fsp3) is 0.0833. The Morgan fingerprint density at radius 3 is 2.00 bits per heavy atom. The summed E-state index contributed by atoms with van der Waals surface area (Å²) in [6.45, 7) is 0. The molecule has 6 heteroatoms. The second kappa shape index (κ2) is 4.56. The molecule has 0 unspecified atom stereocenters. The van der Waals surface area contributed by atoms with Crippen molar-refractivity contribution < 1.29 is 23.0 Å². The summed E-state index contributed by atoms with van der Waals surface area (Å²) in [6.07, 6.45) is -2.18. The molecule has 18 heavy (non-hydrogen) atoms. The summed E-state index contributed by atoms with van der Waals surface area (Å²) >= 11 is 0. The first-order chi connectivity index (χ1) is 8.48. The monoisotopic (exact) mass is 255 g/mol. The molecule has 0 saturated carbocycles. The number of phenolic OH excluding ortho intramolecular Hbond substituents is 1. The van der Waals surface area contributed by atoms with Crippen LogP contribution in [0.2, 0.25) is 0 Å². The van der Waals surface area contributed by atoms with E-state index in [9.17, 15) is 13.2 Å². The van der Waals surface area contributed by atoms with E-state index in [2.05, 4.69) is 4.98 Å². The van der Waals surface area contributed by atoms with E-state index < -0.39 is 11.7 Å². The molecule has 0 radical (unpaired) electrons. The van der Waals surface area contributed by atoms with Gasteiger partial charge in [-0.2, -0.15) is 13.2 Å². The number of fused-ring (bicyclic) bond motifs is 2. The number of hydrogen-bond acceptors (Lipinski definition) is 3. The van der Waals surface area contributed by atoms with E-state index in [1.807, 2.05) is 6.07 Å². The molecule has 1 aromatic carbocycles. The molecule has 0 fully saturated rings. The Labute approximate surface area is 100 Å². The highest BCUT2D eigenvalue weighted by Gasteiger charge is 2.30. The molecular formula is C12H8F3NO2. The van der Waals surface area contributed by atoms with Gasteiger partial charge in [0.1, 0.15) is 0 Å². The van der Waals surface area contributed by atoms with Gasteiger partial charge < -0.3 is 9.84 Å². The molecule has 0 amide bonds. The Hall–Kier alpha value is -2.24. The van der Waals surface area contributed by atoms with E-state index >= 15 is 0 Å². The Balaban J connectivity index is 0.000000136.